The first-order valence-corrected chi connectivity index (χ1v) is 13.9. The van der Waals surface area contributed by atoms with Crippen molar-refractivity contribution in [3.63, 3.8) is 0 Å². The van der Waals surface area contributed by atoms with Gasteiger partial charge in [0.25, 0.3) is 0 Å². The fourth-order valence-corrected chi connectivity index (χ4v) is 6.31. The van der Waals surface area contributed by atoms with E-state index in [1.165, 1.54) is 10.5 Å². The van der Waals surface area contributed by atoms with Crippen LogP contribution in [0.3, 0.4) is 0 Å². The normalized spacial score (nSPS) is 22.7. The summed E-state index contributed by atoms with van der Waals surface area (Å²) in [6.07, 6.45) is 3.08. The first kappa shape index (κ1) is 25.5. The molecular weight excluding hydrogens is 498 g/mol. The molecule has 1 amide bonds. The number of carbonyl (C=O) groups is 1. The minimum absolute atomic E-state index is 0.139. The third kappa shape index (κ3) is 5.01. The van der Waals surface area contributed by atoms with Gasteiger partial charge < -0.3 is 34.2 Å². The summed E-state index contributed by atoms with van der Waals surface area (Å²) in [5, 5.41) is 19.0. The fourth-order valence-electron chi connectivity index (χ4n) is 6.31. The molecule has 2 aromatic rings. The number of piperazine rings is 1. The SMILES string of the molecule is CN1CCCC1COc1nc2c(c(N3CCN(C(=O)O)C(CC#N)C3)n1)CCN(c1cccc3c1OCC3)C2. The minimum Gasteiger partial charge on any atom is -0.491 e. The Bertz CT molecular complexity index is 1280. The Balaban J connectivity index is 1.31. The van der Waals surface area contributed by atoms with Crippen molar-refractivity contribution in [2.24, 2.45) is 0 Å². The lowest BCUT2D eigenvalue weighted by atomic mass is 10.0. The Kier molecular flexibility index (Phi) is 7.04. The van der Waals surface area contributed by atoms with Crippen LogP contribution in [0.4, 0.5) is 16.3 Å². The molecular formula is C28H35N7O4. The van der Waals surface area contributed by atoms with Crippen molar-refractivity contribution < 1.29 is 19.4 Å². The molecule has 1 N–H and O–H groups in total. The highest BCUT2D eigenvalue weighted by atomic mass is 16.5. The van der Waals surface area contributed by atoms with Crippen LogP contribution in [-0.2, 0) is 19.4 Å². The smallest absolute Gasteiger partial charge is 0.407 e. The number of nitrogens with zero attached hydrogens (tertiary/aromatic N) is 7. The highest BCUT2D eigenvalue weighted by Gasteiger charge is 2.34. The Morgan fingerprint density at radius 1 is 1.18 bits per heavy atom. The number of rotatable bonds is 6. The maximum Gasteiger partial charge on any atom is 0.407 e. The molecule has 206 valence electrons. The van der Waals surface area contributed by atoms with Crippen molar-refractivity contribution in [2.75, 3.05) is 62.8 Å². The van der Waals surface area contributed by atoms with E-state index >= 15 is 0 Å². The molecule has 4 aliphatic rings. The molecule has 1 aromatic carbocycles. The second-order valence-corrected chi connectivity index (χ2v) is 10.8. The molecule has 0 bridgehead atoms. The molecule has 0 radical (unpaired) electrons. The molecule has 1 aromatic heterocycles. The van der Waals surface area contributed by atoms with Crippen LogP contribution < -0.4 is 19.3 Å². The Morgan fingerprint density at radius 2 is 2.08 bits per heavy atom. The molecule has 6 rings (SSSR count). The van der Waals surface area contributed by atoms with Crippen LogP contribution in [0.5, 0.6) is 11.8 Å². The zero-order valence-corrected chi connectivity index (χ0v) is 22.4. The third-order valence-corrected chi connectivity index (χ3v) is 8.49. The highest BCUT2D eigenvalue weighted by molar-refractivity contribution is 5.67. The van der Waals surface area contributed by atoms with Crippen molar-refractivity contribution in [2.45, 2.75) is 50.7 Å². The van der Waals surface area contributed by atoms with E-state index in [0.717, 1.165) is 67.3 Å². The first-order valence-electron chi connectivity index (χ1n) is 13.9. The Labute approximate surface area is 228 Å². The molecule has 39 heavy (non-hydrogen) atoms. The van der Waals surface area contributed by atoms with E-state index in [4.69, 9.17) is 19.4 Å². The standard InChI is InChI=1S/C28H35N7O4/c1-32-11-3-5-21(32)18-39-27-30-23-17-33(24-6-2-4-19-9-15-38-25(19)24)12-8-22(23)26(31-27)34-13-14-35(28(36)37)20(16-34)7-10-29/h2,4,6,20-21H,3,5,7-9,11-18H2,1H3,(H,36,37). The van der Waals surface area contributed by atoms with Gasteiger partial charge >= 0.3 is 12.1 Å². The number of carboxylic acid groups (broad SMARTS) is 1. The predicted octanol–water partition coefficient (Wildman–Crippen LogP) is 2.53. The van der Waals surface area contributed by atoms with Gasteiger partial charge in [-0.25, -0.2) is 4.79 Å². The van der Waals surface area contributed by atoms with Gasteiger partial charge in [-0.15, -0.1) is 0 Å². The van der Waals surface area contributed by atoms with Crippen molar-refractivity contribution in [3.8, 4) is 17.8 Å². The van der Waals surface area contributed by atoms with Crippen molar-refractivity contribution in [1.29, 1.82) is 5.26 Å². The number of aromatic nitrogens is 2. The molecule has 11 heteroatoms. The van der Waals surface area contributed by atoms with Crippen LogP contribution in [0.25, 0.3) is 0 Å². The lowest BCUT2D eigenvalue weighted by Gasteiger charge is -2.41. The molecule has 2 atom stereocenters. The van der Waals surface area contributed by atoms with Gasteiger partial charge in [0.05, 0.1) is 43.1 Å². The van der Waals surface area contributed by atoms with Crippen LogP contribution in [-0.4, -0.2) is 96.0 Å². The Hall–Kier alpha value is -3.78. The fraction of sp³-hybridized carbons (Fsp3) is 0.571. The lowest BCUT2D eigenvalue weighted by Crippen LogP contribution is -2.55. The summed E-state index contributed by atoms with van der Waals surface area (Å²) in [5.41, 5.74) is 4.33. The molecule has 5 heterocycles. The van der Waals surface area contributed by atoms with Gasteiger partial charge in [0.2, 0.25) is 0 Å². The van der Waals surface area contributed by atoms with Crippen molar-refractivity contribution in [3.05, 3.63) is 35.0 Å². The highest BCUT2D eigenvalue weighted by Crippen LogP contribution is 2.39. The number of anilines is 2. The number of hydrogen-bond donors (Lipinski definition) is 1. The zero-order chi connectivity index (χ0) is 26.9. The average Bonchev–Trinajstić information content (AvgIpc) is 3.59. The second kappa shape index (κ2) is 10.8. The van der Waals surface area contributed by atoms with Crippen molar-refractivity contribution in [1.82, 2.24) is 19.8 Å². The van der Waals surface area contributed by atoms with Gasteiger partial charge in [0.15, 0.2) is 0 Å². The summed E-state index contributed by atoms with van der Waals surface area (Å²) >= 11 is 0. The van der Waals surface area contributed by atoms with E-state index in [9.17, 15) is 15.2 Å². The summed E-state index contributed by atoms with van der Waals surface area (Å²) in [6.45, 7) is 4.96. The molecule has 11 nitrogen and oxygen atoms in total. The predicted molar refractivity (Wildman–Crippen MR) is 145 cm³/mol. The summed E-state index contributed by atoms with van der Waals surface area (Å²) in [4.78, 5) is 29.7. The number of amides is 1. The largest absolute Gasteiger partial charge is 0.491 e. The molecule has 0 spiro atoms. The van der Waals surface area contributed by atoms with Gasteiger partial charge in [-0.3, -0.25) is 0 Å². The van der Waals surface area contributed by atoms with Gasteiger partial charge in [0, 0.05) is 44.2 Å². The van der Waals surface area contributed by atoms with Gasteiger partial charge in [-0.2, -0.15) is 15.2 Å². The number of likely N-dealkylation sites (N-methyl/N-ethyl adjacent to an activating group) is 1. The van der Waals surface area contributed by atoms with Gasteiger partial charge in [-0.1, -0.05) is 12.1 Å². The summed E-state index contributed by atoms with van der Waals surface area (Å²) in [7, 11) is 2.12. The third-order valence-electron chi connectivity index (χ3n) is 8.49. The average molecular weight is 534 g/mol. The monoisotopic (exact) mass is 533 g/mol. The van der Waals surface area contributed by atoms with Gasteiger partial charge in [-0.05, 0) is 44.5 Å². The van der Waals surface area contributed by atoms with Crippen molar-refractivity contribution >= 4 is 17.6 Å². The number of para-hydroxylation sites is 1. The molecule has 0 saturated carbocycles. The molecule has 2 fully saturated rings. The van der Waals surface area contributed by atoms with E-state index in [-0.39, 0.29) is 6.42 Å². The van der Waals surface area contributed by atoms with Crippen LogP contribution >= 0.6 is 0 Å². The molecule has 2 unspecified atom stereocenters. The number of nitriles is 1. The van der Waals surface area contributed by atoms with E-state index in [1.54, 1.807) is 0 Å². The second-order valence-electron chi connectivity index (χ2n) is 10.8. The maximum atomic E-state index is 11.8. The quantitative estimate of drug-likeness (QED) is 0.593. The van der Waals surface area contributed by atoms with Crippen LogP contribution in [0.15, 0.2) is 18.2 Å². The summed E-state index contributed by atoms with van der Waals surface area (Å²) in [5.74, 6) is 1.78. The molecule has 2 saturated heterocycles. The van der Waals surface area contributed by atoms with E-state index in [1.807, 2.05) is 0 Å². The number of ether oxygens (including phenoxy) is 2. The number of hydrogen-bond acceptors (Lipinski definition) is 9. The first-order chi connectivity index (χ1) is 19.0. The van der Waals surface area contributed by atoms with E-state index in [2.05, 4.69) is 46.0 Å². The number of benzene rings is 1. The minimum atomic E-state index is -0.988. The van der Waals surface area contributed by atoms with Crippen LogP contribution in [0, 0.1) is 11.3 Å². The molecule has 4 aliphatic heterocycles. The summed E-state index contributed by atoms with van der Waals surface area (Å²) < 4.78 is 12.2. The van der Waals surface area contributed by atoms with E-state index in [0.29, 0.717) is 51.4 Å². The number of fused-ring (bicyclic) bond motifs is 2. The van der Waals surface area contributed by atoms with E-state index < -0.39 is 12.1 Å². The maximum absolute atomic E-state index is 11.8. The van der Waals surface area contributed by atoms with Crippen LogP contribution in [0.1, 0.15) is 36.1 Å². The van der Waals surface area contributed by atoms with Crippen LogP contribution in [0.2, 0.25) is 0 Å². The zero-order valence-electron chi connectivity index (χ0n) is 22.4. The lowest BCUT2D eigenvalue weighted by molar-refractivity contribution is 0.119. The Morgan fingerprint density at radius 3 is 2.87 bits per heavy atom. The topological polar surface area (TPSA) is 118 Å². The summed E-state index contributed by atoms with van der Waals surface area (Å²) in [6, 6.07) is 8.78. The number of likely N-dealkylation sites (tertiary alicyclic amines) is 1. The molecule has 0 aliphatic carbocycles. The van der Waals surface area contributed by atoms with Gasteiger partial charge in [0.1, 0.15) is 18.2 Å².